The summed E-state index contributed by atoms with van der Waals surface area (Å²) < 4.78 is 21.4. The van der Waals surface area contributed by atoms with Gasteiger partial charge in [-0.1, -0.05) is 6.92 Å². The molecule has 0 aliphatic carbocycles. The van der Waals surface area contributed by atoms with Gasteiger partial charge in [0.15, 0.2) is 5.82 Å². The van der Waals surface area contributed by atoms with Crippen molar-refractivity contribution in [2.45, 2.75) is 45.4 Å². The van der Waals surface area contributed by atoms with Gasteiger partial charge in [-0.25, -0.2) is 8.91 Å². The van der Waals surface area contributed by atoms with E-state index in [1.165, 1.54) is 6.92 Å². The molecule has 0 bridgehead atoms. The molecule has 0 aliphatic heterocycles. The van der Waals surface area contributed by atoms with Crippen LogP contribution >= 0.6 is 27.5 Å². The van der Waals surface area contributed by atoms with Gasteiger partial charge in [0.1, 0.15) is 22.1 Å². The Balaban J connectivity index is 2.07. The zero-order valence-electron chi connectivity index (χ0n) is 14.5. The standard InChI is InChI=1S/C17H20BrClFN5O/c1-3-11-12(7-13(21)9(2)20)15(18)25-14(11)16(23-17(19)24-25)22-8-10-5-4-6-26-10/h4-6,9,13H,3,7-8,21H2,1-2H3,(H,22,23,24)/t9-,13+/m0/s1. The molecule has 0 aliphatic rings. The van der Waals surface area contributed by atoms with Gasteiger partial charge >= 0.3 is 0 Å². The Morgan fingerprint density at radius 1 is 1.46 bits per heavy atom. The van der Waals surface area contributed by atoms with Crippen molar-refractivity contribution in [2.75, 3.05) is 5.32 Å². The van der Waals surface area contributed by atoms with E-state index in [0.717, 1.165) is 28.8 Å². The molecular formula is C17H20BrClFN5O. The van der Waals surface area contributed by atoms with Crippen LogP contribution in [-0.2, 0) is 19.4 Å². The summed E-state index contributed by atoms with van der Waals surface area (Å²) in [5.74, 6) is 1.36. The van der Waals surface area contributed by atoms with Crippen molar-refractivity contribution >= 4 is 38.9 Å². The lowest BCUT2D eigenvalue weighted by atomic mass is 10.0. The van der Waals surface area contributed by atoms with Crippen LogP contribution in [-0.4, -0.2) is 26.8 Å². The summed E-state index contributed by atoms with van der Waals surface area (Å²) in [5.41, 5.74) is 8.68. The summed E-state index contributed by atoms with van der Waals surface area (Å²) in [6, 6.07) is 3.09. The van der Waals surface area contributed by atoms with E-state index < -0.39 is 12.2 Å². The second-order valence-electron chi connectivity index (χ2n) is 6.07. The number of nitrogens with one attached hydrogen (secondary N) is 1. The van der Waals surface area contributed by atoms with Gasteiger partial charge in [0.25, 0.3) is 0 Å². The molecule has 9 heteroatoms. The van der Waals surface area contributed by atoms with Crippen LogP contribution in [0.25, 0.3) is 5.52 Å². The Bertz CT molecular complexity index is 897. The Morgan fingerprint density at radius 3 is 2.85 bits per heavy atom. The first-order valence-electron chi connectivity index (χ1n) is 8.33. The maximum Gasteiger partial charge on any atom is 0.243 e. The fraction of sp³-hybridized carbons (Fsp3) is 0.412. The zero-order valence-corrected chi connectivity index (χ0v) is 16.8. The first-order valence-corrected chi connectivity index (χ1v) is 9.50. The van der Waals surface area contributed by atoms with Gasteiger partial charge in [-0.05, 0) is 70.6 Å². The molecule has 3 aromatic rings. The molecule has 3 N–H and O–H groups in total. The third kappa shape index (κ3) is 3.72. The van der Waals surface area contributed by atoms with Gasteiger partial charge < -0.3 is 15.5 Å². The number of anilines is 1. The highest BCUT2D eigenvalue weighted by atomic mass is 79.9. The van der Waals surface area contributed by atoms with E-state index in [0.29, 0.717) is 23.4 Å². The third-order valence-electron chi connectivity index (χ3n) is 4.30. The molecule has 6 nitrogen and oxygen atoms in total. The van der Waals surface area contributed by atoms with Crippen molar-refractivity contribution in [3.8, 4) is 0 Å². The number of nitrogens with zero attached hydrogens (tertiary/aromatic N) is 3. The highest BCUT2D eigenvalue weighted by Crippen LogP contribution is 2.33. The quantitative estimate of drug-likeness (QED) is 0.572. The molecule has 26 heavy (non-hydrogen) atoms. The number of furan rings is 1. The van der Waals surface area contributed by atoms with Crippen LogP contribution in [0.2, 0.25) is 5.28 Å². The predicted octanol–water partition coefficient (Wildman–Crippen LogP) is 4.14. The minimum absolute atomic E-state index is 0.104. The maximum absolute atomic E-state index is 13.6. The molecule has 3 aromatic heterocycles. The van der Waals surface area contributed by atoms with E-state index in [-0.39, 0.29) is 5.28 Å². The highest BCUT2D eigenvalue weighted by Gasteiger charge is 2.24. The van der Waals surface area contributed by atoms with Crippen LogP contribution in [0.5, 0.6) is 0 Å². The van der Waals surface area contributed by atoms with Crippen molar-refractivity contribution in [2.24, 2.45) is 5.73 Å². The molecule has 0 unspecified atom stereocenters. The number of hydrogen-bond acceptors (Lipinski definition) is 5. The van der Waals surface area contributed by atoms with Crippen molar-refractivity contribution in [1.29, 1.82) is 0 Å². The van der Waals surface area contributed by atoms with Gasteiger partial charge in [0.2, 0.25) is 5.28 Å². The van der Waals surface area contributed by atoms with Crippen molar-refractivity contribution < 1.29 is 8.81 Å². The molecule has 0 spiro atoms. The topological polar surface area (TPSA) is 81.4 Å². The maximum atomic E-state index is 13.6. The summed E-state index contributed by atoms with van der Waals surface area (Å²) in [4.78, 5) is 4.33. The molecule has 0 radical (unpaired) electrons. The van der Waals surface area contributed by atoms with E-state index in [4.69, 9.17) is 21.8 Å². The summed E-state index contributed by atoms with van der Waals surface area (Å²) in [6.07, 6.45) is 1.61. The monoisotopic (exact) mass is 443 g/mol. The summed E-state index contributed by atoms with van der Waals surface area (Å²) >= 11 is 9.67. The SMILES string of the molecule is CCc1c(C[C@@H](N)[C@H](C)F)c(Br)n2nc(Cl)nc(NCc3ccco3)c12. The number of fused-ring (bicyclic) bond motifs is 1. The smallest absolute Gasteiger partial charge is 0.243 e. The Labute approximate surface area is 164 Å². The van der Waals surface area contributed by atoms with Crippen molar-refractivity contribution in [3.63, 3.8) is 0 Å². The van der Waals surface area contributed by atoms with Gasteiger partial charge in [-0.15, -0.1) is 5.10 Å². The molecule has 140 valence electrons. The molecule has 3 rings (SSSR count). The van der Waals surface area contributed by atoms with Gasteiger partial charge in [-0.3, -0.25) is 0 Å². The van der Waals surface area contributed by atoms with Gasteiger partial charge in [-0.2, -0.15) is 4.98 Å². The Morgan fingerprint density at radius 2 is 2.23 bits per heavy atom. The van der Waals surface area contributed by atoms with E-state index in [1.54, 1.807) is 10.8 Å². The van der Waals surface area contributed by atoms with Crippen LogP contribution in [0.15, 0.2) is 27.4 Å². The summed E-state index contributed by atoms with van der Waals surface area (Å²) in [5, 5.41) is 7.64. The van der Waals surface area contributed by atoms with E-state index >= 15 is 0 Å². The van der Waals surface area contributed by atoms with Crippen LogP contribution in [0, 0.1) is 0 Å². The van der Waals surface area contributed by atoms with Crippen LogP contribution in [0.4, 0.5) is 10.2 Å². The lowest BCUT2D eigenvalue weighted by Crippen LogP contribution is -2.32. The minimum atomic E-state index is -1.11. The van der Waals surface area contributed by atoms with Crippen molar-refractivity contribution in [1.82, 2.24) is 14.6 Å². The van der Waals surface area contributed by atoms with Gasteiger partial charge in [0.05, 0.1) is 12.8 Å². The van der Waals surface area contributed by atoms with E-state index in [2.05, 4.69) is 31.3 Å². The average molecular weight is 445 g/mol. The lowest BCUT2D eigenvalue weighted by molar-refractivity contribution is 0.303. The molecule has 0 saturated heterocycles. The Kier molecular flexibility index (Phi) is 5.84. The van der Waals surface area contributed by atoms with Crippen LogP contribution < -0.4 is 11.1 Å². The normalized spacial score (nSPS) is 13.9. The van der Waals surface area contributed by atoms with Crippen LogP contribution in [0.1, 0.15) is 30.7 Å². The van der Waals surface area contributed by atoms with Crippen LogP contribution in [0.3, 0.4) is 0 Å². The fourth-order valence-corrected chi connectivity index (χ4v) is 3.72. The Hall–Kier alpha value is -1.64. The van der Waals surface area contributed by atoms with E-state index in [1.807, 2.05) is 19.1 Å². The molecular weight excluding hydrogens is 425 g/mol. The molecule has 0 amide bonds. The lowest BCUT2D eigenvalue weighted by Gasteiger charge is -2.13. The molecule has 0 aromatic carbocycles. The second kappa shape index (κ2) is 7.94. The third-order valence-corrected chi connectivity index (χ3v) is 5.28. The summed E-state index contributed by atoms with van der Waals surface area (Å²) in [6.45, 7) is 3.95. The predicted molar refractivity (Wildman–Crippen MR) is 103 cm³/mol. The zero-order chi connectivity index (χ0) is 18.8. The number of aromatic nitrogens is 3. The molecule has 3 heterocycles. The molecule has 2 atom stereocenters. The molecule has 0 saturated carbocycles. The first kappa shape index (κ1) is 19.1. The van der Waals surface area contributed by atoms with Crippen molar-refractivity contribution in [3.05, 3.63) is 45.2 Å². The largest absolute Gasteiger partial charge is 0.467 e. The second-order valence-corrected chi connectivity index (χ2v) is 7.16. The molecule has 0 fully saturated rings. The first-order chi connectivity index (χ1) is 12.4. The number of alkyl halides is 1. The van der Waals surface area contributed by atoms with E-state index in [9.17, 15) is 4.39 Å². The number of nitrogens with two attached hydrogens (primary N) is 1. The number of rotatable bonds is 7. The summed E-state index contributed by atoms with van der Waals surface area (Å²) in [7, 11) is 0. The minimum Gasteiger partial charge on any atom is -0.467 e. The fourth-order valence-electron chi connectivity index (χ4n) is 2.90. The average Bonchev–Trinajstić information content (AvgIpc) is 3.20. The highest BCUT2D eigenvalue weighted by molar-refractivity contribution is 9.10. The number of hydrogen-bond donors (Lipinski definition) is 2. The number of halogens is 3. The van der Waals surface area contributed by atoms with Gasteiger partial charge in [0, 0.05) is 6.04 Å². The number of aryl methyl sites for hydroxylation is 1.